The Morgan fingerprint density at radius 2 is 2.00 bits per heavy atom. The maximum Gasteiger partial charge on any atom is 0.271 e. The van der Waals surface area contributed by atoms with E-state index < -0.39 is 5.92 Å². The fraction of sp³-hybridized carbons (Fsp3) is 0.250. The molecule has 0 heterocycles. The summed E-state index contributed by atoms with van der Waals surface area (Å²) in [6.07, 6.45) is 0. The first-order valence-corrected chi connectivity index (χ1v) is 4.41. The van der Waals surface area contributed by atoms with Crippen LogP contribution in [0.25, 0.3) is 0 Å². The Bertz CT molecular complexity index is 294. The van der Waals surface area contributed by atoms with Crippen molar-refractivity contribution in [1.82, 2.24) is 0 Å². The molecule has 0 amide bonds. The summed E-state index contributed by atoms with van der Waals surface area (Å²) in [5, 5.41) is 0.315. The van der Waals surface area contributed by atoms with Gasteiger partial charge >= 0.3 is 0 Å². The normalized spacial score (nSPS) is 11.8. The summed E-state index contributed by atoms with van der Waals surface area (Å²) in [6.45, 7) is 0.837. The van der Waals surface area contributed by atoms with Gasteiger partial charge < -0.3 is 0 Å². The summed E-state index contributed by atoms with van der Waals surface area (Å²) in [5.41, 5.74) is -0.0880. The van der Waals surface area contributed by atoms with E-state index in [0.717, 1.165) is 6.92 Å². The molecule has 12 heavy (non-hydrogen) atoms. The minimum Gasteiger partial charge on any atom is -0.202 e. The van der Waals surface area contributed by atoms with E-state index >= 15 is 0 Å². The standard InChI is InChI=1S/C8H6BrClF2/c1-8(11,12)6-4-5(10)2-3-7(6)9/h2-4H,1H3. The van der Waals surface area contributed by atoms with E-state index in [-0.39, 0.29) is 5.56 Å². The van der Waals surface area contributed by atoms with Gasteiger partial charge in [-0.2, -0.15) is 0 Å². The van der Waals surface area contributed by atoms with Gasteiger partial charge in [0.15, 0.2) is 0 Å². The van der Waals surface area contributed by atoms with Gasteiger partial charge in [0.05, 0.1) is 0 Å². The number of hydrogen-bond donors (Lipinski definition) is 0. The monoisotopic (exact) mass is 254 g/mol. The molecule has 1 aromatic rings. The van der Waals surface area contributed by atoms with Crippen molar-refractivity contribution in [2.75, 3.05) is 0 Å². The summed E-state index contributed by atoms with van der Waals surface area (Å²) in [4.78, 5) is 0. The van der Waals surface area contributed by atoms with Gasteiger partial charge in [0, 0.05) is 22.0 Å². The summed E-state index contributed by atoms with van der Waals surface area (Å²) in [5.74, 6) is -2.86. The molecule has 0 spiro atoms. The zero-order chi connectivity index (χ0) is 9.35. The Morgan fingerprint density at radius 3 is 2.42 bits per heavy atom. The summed E-state index contributed by atoms with van der Waals surface area (Å²) < 4.78 is 26.0. The second kappa shape index (κ2) is 3.30. The maximum atomic E-state index is 12.8. The third kappa shape index (κ3) is 2.17. The van der Waals surface area contributed by atoms with E-state index in [1.165, 1.54) is 12.1 Å². The first-order valence-electron chi connectivity index (χ1n) is 3.24. The van der Waals surface area contributed by atoms with Gasteiger partial charge in [-0.15, -0.1) is 0 Å². The second-order valence-corrected chi connectivity index (χ2v) is 3.80. The Hall–Kier alpha value is -0.150. The van der Waals surface area contributed by atoms with Gasteiger partial charge in [-0.1, -0.05) is 27.5 Å². The molecule has 4 heteroatoms. The minimum absolute atomic E-state index is 0.0880. The summed E-state index contributed by atoms with van der Waals surface area (Å²) in [6, 6.07) is 4.32. The SMILES string of the molecule is CC(F)(F)c1cc(Cl)ccc1Br. The average Bonchev–Trinajstić information content (AvgIpc) is 1.92. The van der Waals surface area contributed by atoms with Gasteiger partial charge in [-0.3, -0.25) is 0 Å². The van der Waals surface area contributed by atoms with Crippen molar-refractivity contribution in [2.24, 2.45) is 0 Å². The fourth-order valence-electron chi connectivity index (χ4n) is 0.834. The third-order valence-electron chi connectivity index (χ3n) is 1.40. The van der Waals surface area contributed by atoms with Crippen LogP contribution in [-0.2, 0) is 5.92 Å². The highest BCUT2D eigenvalue weighted by atomic mass is 79.9. The first kappa shape index (κ1) is 9.93. The summed E-state index contributed by atoms with van der Waals surface area (Å²) >= 11 is 8.60. The second-order valence-electron chi connectivity index (χ2n) is 2.51. The third-order valence-corrected chi connectivity index (χ3v) is 2.33. The summed E-state index contributed by atoms with van der Waals surface area (Å²) in [7, 11) is 0. The highest BCUT2D eigenvalue weighted by molar-refractivity contribution is 9.10. The van der Waals surface area contributed by atoms with Gasteiger partial charge in [0.2, 0.25) is 0 Å². The van der Waals surface area contributed by atoms with Crippen molar-refractivity contribution in [3.05, 3.63) is 33.3 Å². The van der Waals surface area contributed by atoms with Crippen LogP contribution in [-0.4, -0.2) is 0 Å². The Kier molecular flexibility index (Phi) is 2.74. The molecule has 0 aliphatic rings. The number of benzene rings is 1. The molecule has 0 aliphatic heterocycles. The lowest BCUT2D eigenvalue weighted by Crippen LogP contribution is -2.07. The van der Waals surface area contributed by atoms with Crippen LogP contribution in [0.3, 0.4) is 0 Å². The largest absolute Gasteiger partial charge is 0.271 e. The molecule has 1 aromatic carbocycles. The van der Waals surface area contributed by atoms with E-state index in [1.807, 2.05) is 0 Å². The van der Waals surface area contributed by atoms with Crippen molar-refractivity contribution >= 4 is 27.5 Å². The number of rotatable bonds is 1. The molecule has 0 atom stereocenters. The minimum atomic E-state index is -2.86. The lowest BCUT2D eigenvalue weighted by atomic mass is 10.1. The van der Waals surface area contributed by atoms with Crippen LogP contribution in [0, 0.1) is 0 Å². The quantitative estimate of drug-likeness (QED) is 0.705. The van der Waals surface area contributed by atoms with Gasteiger partial charge in [-0.25, -0.2) is 8.78 Å². The van der Waals surface area contributed by atoms with Crippen LogP contribution < -0.4 is 0 Å². The molecule has 0 unspecified atom stereocenters. The van der Waals surface area contributed by atoms with Crippen molar-refractivity contribution in [3.63, 3.8) is 0 Å². The van der Waals surface area contributed by atoms with E-state index in [2.05, 4.69) is 15.9 Å². The van der Waals surface area contributed by atoms with E-state index in [0.29, 0.717) is 9.50 Å². The van der Waals surface area contributed by atoms with Gasteiger partial charge in [-0.05, 0) is 18.2 Å². The lowest BCUT2D eigenvalue weighted by Gasteiger charge is -2.12. The van der Waals surface area contributed by atoms with Crippen molar-refractivity contribution in [3.8, 4) is 0 Å². The average molecular weight is 255 g/mol. The molecule has 0 aromatic heterocycles. The van der Waals surface area contributed by atoms with Crippen LogP contribution >= 0.6 is 27.5 Å². The Balaban J connectivity index is 3.23. The van der Waals surface area contributed by atoms with Gasteiger partial charge in [0.25, 0.3) is 5.92 Å². The van der Waals surface area contributed by atoms with E-state index in [4.69, 9.17) is 11.6 Å². The highest BCUT2D eigenvalue weighted by Crippen LogP contribution is 2.34. The number of halogens is 4. The van der Waals surface area contributed by atoms with Gasteiger partial charge in [0.1, 0.15) is 0 Å². The van der Waals surface area contributed by atoms with Crippen LogP contribution in [0.4, 0.5) is 8.78 Å². The van der Waals surface area contributed by atoms with Crippen LogP contribution in [0.2, 0.25) is 5.02 Å². The van der Waals surface area contributed by atoms with Crippen molar-refractivity contribution < 1.29 is 8.78 Å². The highest BCUT2D eigenvalue weighted by Gasteiger charge is 2.26. The number of hydrogen-bond acceptors (Lipinski definition) is 0. The number of alkyl halides is 2. The smallest absolute Gasteiger partial charge is 0.202 e. The molecular weight excluding hydrogens is 249 g/mol. The van der Waals surface area contributed by atoms with Crippen molar-refractivity contribution in [2.45, 2.75) is 12.8 Å². The molecule has 0 saturated heterocycles. The molecule has 0 aliphatic carbocycles. The molecule has 0 saturated carbocycles. The first-order chi connectivity index (χ1) is 5.41. The Morgan fingerprint density at radius 1 is 1.42 bits per heavy atom. The van der Waals surface area contributed by atoms with E-state index in [9.17, 15) is 8.78 Å². The van der Waals surface area contributed by atoms with E-state index in [1.54, 1.807) is 6.07 Å². The molecule has 0 fully saturated rings. The molecular formula is C8H6BrClF2. The molecule has 1 rings (SSSR count). The predicted octanol–water partition coefficient (Wildman–Crippen LogP) is 4.21. The van der Waals surface area contributed by atoms with Crippen molar-refractivity contribution in [1.29, 1.82) is 0 Å². The molecule has 66 valence electrons. The van der Waals surface area contributed by atoms with Crippen LogP contribution in [0.1, 0.15) is 12.5 Å². The van der Waals surface area contributed by atoms with Crippen LogP contribution in [0.5, 0.6) is 0 Å². The lowest BCUT2D eigenvalue weighted by molar-refractivity contribution is 0.0167. The molecule has 0 radical (unpaired) electrons. The maximum absolute atomic E-state index is 12.8. The molecule has 0 N–H and O–H groups in total. The molecule has 0 bridgehead atoms. The Labute approximate surface area is 82.7 Å². The topological polar surface area (TPSA) is 0 Å². The van der Waals surface area contributed by atoms with Crippen LogP contribution in [0.15, 0.2) is 22.7 Å². The fourth-order valence-corrected chi connectivity index (χ4v) is 1.60. The zero-order valence-corrected chi connectivity index (χ0v) is 8.59. The molecule has 0 nitrogen and oxygen atoms in total. The predicted molar refractivity (Wildman–Crippen MR) is 48.7 cm³/mol. The zero-order valence-electron chi connectivity index (χ0n) is 6.24.